The van der Waals surface area contributed by atoms with Gasteiger partial charge in [0.05, 0.1) is 12.2 Å². The lowest BCUT2D eigenvalue weighted by Gasteiger charge is -2.25. The Hall–Kier alpha value is -0.380. The second-order valence-electron chi connectivity index (χ2n) is 4.31. The van der Waals surface area contributed by atoms with Crippen molar-refractivity contribution in [3.63, 3.8) is 0 Å². The Kier molecular flexibility index (Phi) is 5.46. The van der Waals surface area contributed by atoms with Crippen molar-refractivity contribution in [1.82, 2.24) is 0 Å². The van der Waals surface area contributed by atoms with Gasteiger partial charge in [-0.2, -0.15) is 0 Å². The number of aliphatic hydroxyl groups is 1. The zero-order chi connectivity index (χ0) is 12.1. The molecule has 1 aromatic carbocycles. The van der Waals surface area contributed by atoms with Gasteiger partial charge in [0.2, 0.25) is 0 Å². The zero-order valence-corrected chi connectivity index (χ0v) is 11.6. The summed E-state index contributed by atoms with van der Waals surface area (Å²) in [6.45, 7) is 4.11. The minimum absolute atomic E-state index is 0.118. The number of benzene rings is 1. The Balaban J connectivity index is 2.70. The summed E-state index contributed by atoms with van der Waals surface area (Å²) in [5.74, 6) is 0.308. The number of rotatable bonds is 5. The second kappa shape index (κ2) is 6.38. The van der Waals surface area contributed by atoms with E-state index in [1.807, 2.05) is 24.3 Å². The molecule has 90 valence electrons. The Bertz CT molecular complexity index is 325. The molecule has 0 amide bonds. The van der Waals surface area contributed by atoms with Gasteiger partial charge in [0.25, 0.3) is 0 Å². The normalized spacial score (nSPS) is 15.1. The molecule has 0 saturated carbocycles. The lowest BCUT2D eigenvalue weighted by atomic mass is 9.96. The molecular formula is C13H19BrO2. The topological polar surface area (TPSA) is 29.5 Å². The first-order valence-corrected chi connectivity index (χ1v) is 6.29. The van der Waals surface area contributed by atoms with Crippen LogP contribution in [0.1, 0.15) is 19.4 Å². The van der Waals surface area contributed by atoms with E-state index in [9.17, 15) is 5.11 Å². The summed E-state index contributed by atoms with van der Waals surface area (Å²) in [6, 6.07) is 7.94. The summed E-state index contributed by atoms with van der Waals surface area (Å²) in [4.78, 5) is 0. The highest BCUT2D eigenvalue weighted by molar-refractivity contribution is 9.10. The van der Waals surface area contributed by atoms with Gasteiger partial charge < -0.3 is 9.84 Å². The summed E-state index contributed by atoms with van der Waals surface area (Å²) in [6.07, 6.45) is 0.0220. The van der Waals surface area contributed by atoms with Crippen LogP contribution >= 0.6 is 15.9 Å². The molecule has 0 aliphatic rings. The van der Waals surface area contributed by atoms with Crippen molar-refractivity contribution < 1.29 is 9.84 Å². The van der Waals surface area contributed by atoms with Gasteiger partial charge in [0.15, 0.2) is 0 Å². The smallest absolute Gasteiger partial charge is 0.0856 e. The number of halogens is 1. The van der Waals surface area contributed by atoms with Crippen LogP contribution in [0.25, 0.3) is 0 Å². The monoisotopic (exact) mass is 286 g/mol. The summed E-state index contributed by atoms with van der Waals surface area (Å²) in [7, 11) is 1.65. The van der Waals surface area contributed by atoms with E-state index in [4.69, 9.17) is 4.74 Å². The fourth-order valence-corrected chi connectivity index (χ4v) is 2.33. The van der Waals surface area contributed by atoms with Crippen molar-refractivity contribution in [1.29, 1.82) is 0 Å². The van der Waals surface area contributed by atoms with Gasteiger partial charge in [-0.1, -0.05) is 48.0 Å². The van der Waals surface area contributed by atoms with Crippen LogP contribution < -0.4 is 0 Å². The molecule has 1 rings (SSSR count). The number of aliphatic hydroxyl groups excluding tert-OH is 1. The van der Waals surface area contributed by atoms with Gasteiger partial charge in [0.1, 0.15) is 0 Å². The SMILES string of the molecule is COC(C(C)C)C(O)Cc1ccccc1Br. The molecule has 3 heteroatoms. The minimum atomic E-state index is -0.469. The van der Waals surface area contributed by atoms with Gasteiger partial charge in [0, 0.05) is 18.0 Å². The molecule has 0 fully saturated rings. The van der Waals surface area contributed by atoms with Gasteiger partial charge in [-0.3, -0.25) is 0 Å². The molecule has 0 bridgehead atoms. The van der Waals surface area contributed by atoms with E-state index in [-0.39, 0.29) is 6.10 Å². The third-order valence-electron chi connectivity index (χ3n) is 2.70. The Morgan fingerprint density at radius 3 is 2.44 bits per heavy atom. The van der Waals surface area contributed by atoms with E-state index in [1.54, 1.807) is 7.11 Å². The van der Waals surface area contributed by atoms with E-state index in [1.165, 1.54) is 0 Å². The highest BCUT2D eigenvalue weighted by atomic mass is 79.9. The Morgan fingerprint density at radius 1 is 1.31 bits per heavy atom. The van der Waals surface area contributed by atoms with Gasteiger partial charge in [-0.25, -0.2) is 0 Å². The molecule has 2 atom stereocenters. The van der Waals surface area contributed by atoms with Gasteiger partial charge >= 0.3 is 0 Å². The Morgan fingerprint density at radius 2 is 1.94 bits per heavy atom. The van der Waals surface area contributed by atoms with E-state index in [0.29, 0.717) is 12.3 Å². The third kappa shape index (κ3) is 3.58. The summed E-state index contributed by atoms with van der Waals surface area (Å²) in [5, 5.41) is 10.1. The number of ether oxygens (including phenoxy) is 1. The standard InChI is InChI=1S/C13H19BrO2/c1-9(2)13(16-3)12(15)8-10-6-4-5-7-11(10)14/h4-7,9,12-13,15H,8H2,1-3H3. The van der Waals surface area contributed by atoms with Crippen LogP contribution in [0.3, 0.4) is 0 Å². The van der Waals surface area contributed by atoms with Crippen molar-refractivity contribution >= 4 is 15.9 Å². The van der Waals surface area contributed by atoms with Crippen molar-refractivity contribution in [3.8, 4) is 0 Å². The number of methoxy groups -OCH3 is 1. The van der Waals surface area contributed by atoms with Gasteiger partial charge in [-0.15, -0.1) is 0 Å². The van der Waals surface area contributed by atoms with Crippen LogP contribution in [-0.4, -0.2) is 24.4 Å². The first kappa shape index (κ1) is 13.7. The lowest BCUT2D eigenvalue weighted by molar-refractivity contribution is -0.0368. The van der Waals surface area contributed by atoms with Crippen molar-refractivity contribution in [2.45, 2.75) is 32.5 Å². The molecule has 1 N–H and O–H groups in total. The average molecular weight is 287 g/mol. The molecule has 0 aliphatic carbocycles. The molecule has 0 heterocycles. The predicted molar refractivity (Wildman–Crippen MR) is 69.5 cm³/mol. The molecular weight excluding hydrogens is 268 g/mol. The molecule has 0 saturated heterocycles. The number of hydrogen-bond acceptors (Lipinski definition) is 2. The van der Waals surface area contributed by atoms with E-state index in [0.717, 1.165) is 10.0 Å². The fourth-order valence-electron chi connectivity index (χ4n) is 1.88. The highest BCUT2D eigenvalue weighted by Gasteiger charge is 2.22. The second-order valence-corrected chi connectivity index (χ2v) is 5.16. The highest BCUT2D eigenvalue weighted by Crippen LogP contribution is 2.20. The molecule has 0 spiro atoms. The molecule has 1 aromatic rings. The molecule has 16 heavy (non-hydrogen) atoms. The van der Waals surface area contributed by atoms with Crippen LogP contribution in [0.15, 0.2) is 28.7 Å². The van der Waals surface area contributed by atoms with Crippen LogP contribution in [0.5, 0.6) is 0 Å². The first-order chi connectivity index (χ1) is 7.56. The molecule has 0 aromatic heterocycles. The molecule has 2 nitrogen and oxygen atoms in total. The van der Waals surface area contributed by atoms with E-state index < -0.39 is 6.10 Å². The summed E-state index contributed by atoms with van der Waals surface area (Å²) < 4.78 is 6.36. The maximum Gasteiger partial charge on any atom is 0.0856 e. The lowest BCUT2D eigenvalue weighted by Crippen LogP contribution is -2.34. The molecule has 0 radical (unpaired) electrons. The van der Waals surface area contributed by atoms with Crippen LogP contribution in [0.4, 0.5) is 0 Å². The largest absolute Gasteiger partial charge is 0.390 e. The van der Waals surface area contributed by atoms with E-state index in [2.05, 4.69) is 29.8 Å². The average Bonchev–Trinajstić information content (AvgIpc) is 2.22. The minimum Gasteiger partial charge on any atom is -0.390 e. The first-order valence-electron chi connectivity index (χ1n) is 5.50. The molecule has 0 aliphatic heterocycles. The number of hydrogen-bond donors (Lipinski definition) is 1. The summed E-state index contributed by atoms with van der Waals surface area (Å²) in [5.41, 5.74) is 1.11. The van der Waals surface area contributed by atoms with Gasteiger partial charge in [-0.05, 0) is 17.5 Å². The van der Waals surface area contributed by atoms with Crippen molar-refractivity contribution in [2.24, 2.45) is 5.92 Å². The zero-order valence-electron chi connectivity index (χ0n) is 9.98. The van der Waals surface area contributed by atoms with Crippen molar-refractivity contribution in [2.75, 3.05) is 7.11 Å². The fraction of sp³-hybridized carbons (Fsp3) is 0.538. The third-order valence-corrected chi connectivity index (χ3v) is 3.47. The van der Waals surface area contributed by atoms with E-state index >= 15 is 0 Å². The van der Waals surface area contributed by atoms with Crippen LogP contribution in [0.2, 0.25) is 0 Å². The maximum absolute atomic E-state index is 10.1. The van der Waals surface area contributed by atoms with Crippen LogP contribution in [0, 0.1) is 5.92 Å². The maximum atomic E-state index is 10.1. The molecule has 2 unspecified atom stereocenters. The Labute approximate surface area is 106 Å². The quantitative estimate of drug-likeness (QED) is 0.902. The predicted octanol–water partition coefficient (Wildman–Crippen LogP) is 3.02. The summed E-state index contributed by atoms with van der Waals surface area (Å²) >= 11 is 3.48. The van der Waals surface area contributed by atoms with Crippen molar-refractivity contribution in [3.05, 3.63) is 34.3 Å². The van der Waals surface area contributed by atoms with Crippen LogP contribution in [-0.2, 0) is 11.2 Å².